The van der Waals surface area contributed by atoms with Gasteiger partial charge in [-0.1, -0.05) is 0 Å². The number of benzene rings is 1. The Morgan fingerprint density at radius 2 is 2.20 bits per heavy atom. The molecule has 2 atom stereocenters. The molecule has 1 fully saturated rings. The number of nitrogens with one attached hydrogen (secondary N) is 1. The highest BCUT2D eigenvalue weighted by Crippen LogP contribution is 2.19. The number of anilines is 1. The minimum absolute atomic E-state index is 0.0535. The van der Waals surface area contributed by atoms with Gasteiger partial charge in [0.05, 0.1) is 11.7 Å². The highest BCUT2D eigenvalue weighted by Gasteiger charge is 2.30. The minimum Gasteiger partial charge on any atom is -0.479 e. The number of carbonyl (C=O) groups excluding carboxylic acids is 1. The molecule has 2 unspecified atom stereocenters. The van der Waals surface area contributed by atoms with E-state index in [4.69, 9.17) is 15.6 Å². The molecule has 1 amide bonds. The van der Waals surface area contributed by atoms with Crippen LogP contribution in [0.4, 0.5) is 10.1 Å². The zero-order valence-electron chi connectivity index (χ0n) is 10.6. The number of amides is 1. The molecule has 7 heteroatoms. The van der Waals surface area contributed by atoms with Crippen molar-refractivity contribution >= 4 is 17.6 Å². The molecule has 1 aromatic rings. The molecule has 0 radical (unpaired) electrons. The van der Waals surface area contributed by atoms with Crippen LogP contribution in [-0.4, -0.2) is 35.7 Å². The van der Waals surface area contributed by atoms with E-state index in [1.165, 1.54) is 12.1 Å². The van der Waals surface area contributed by atoms with Gasteiger partial charge in [-0.05, 0) is 31.0 Å². The largest absolute Gasteiger partial charge is 0.479 e. The van der Waals surface area contributed by atoms with Crippen molar-refractivity contribution in [3.8, 4) is 0 Å². The van der Waals surface area contributed by atoms with E-state index in [-0.39, 0.29) is 23.9 Å². The zero-order valence-corrected chi connectivity index (χ0v) is 10.6. The Balaban J connectivity index is 1.90. The van der Waals surface area contributed by atoms with E-state index < -0.39 is 23.8 Å². The average Bonchev–Trinajstić information content (AvgIpc) is 2.88. The molecule has 1 aliphatic rings. The summed E-state index contributed by atoms with van der Waals surface area (Å²) in [6.07, 6.45) is -0.209. The first kappa shape index (κ1) is 14.3. The van der Waals surface area contributed by atoms with E-state index in [0.29, 0.717) is 12.8 Å². The van der Waals surface area contributed by atoms with Crippen LogP contribution in [0.1, 0.15) is 23.2 Å². The third-order valence-corrected chi connectivity index (χ3v) is 3.13. The Labute approximate surface area is 114 Å². The highest BCUT2D eigenvalue weighted by atomic mass is 19.1. The predicted octanol–water partition coefficient (Wildman–Crippen LogP) is 0.770. The Kier molecular flexibility index (Phi) is 4.19. The molecule has 0 aromatic heterocycles. The van der Waals surface area contributed by atoms with Gasteiger partial charge in [-0.3, -0.25) is 4.79 Å². The molecule has 1 heterocycles. The van der Waals surface area contributed by atoms with Gasteiger partial charge in [0, 0.05) is 12.2 Å². The van der Waals surface area contributed by atoms with Crippen molar-refractivity contribution in [1.29, 1.82) is 0 Å². The van der Waals surface area contributed by atoms with Crippen molar-refractivity contribution in [2.24, 2.45) is 0 Å². The summed E-state index contributed by atoms with van der Waals surface area (Å²) in [5.41, 5.74) is 5.83. The van der Waals surface area contributed by atoms with Crippen molar-refractivity contribution in [2.45, 2.75) is 25.0 Å². The van der Waals surface area contributed by atoms with Crippen molar-refractivity contribution in [3.63, 3.8) is 0 Å². The molecule has 4 N–H and O–H groups in total. The van der Waals surface area contributed by atoms with Crippen molar-refractivity contribution in [1.82, 2.24) is 5.32 Å². The fourth-order valence-electron chi connectivity index (χ4n) is 2.06. The molecule has 1 aliphatic heterocycles. The fourth-order valence-corrected chi connectivity index (χ4v) is 2.06. The monoisotopic (exact) mass is 282 g/mol. The third kappa shape index (κ3) is 3.24. The maximum absolute atomic E-state index is 13.1. The summed E-state index contributed by atoms with van der Waals surface area (Å²) in [5, 5.41) is 11.3. The Bertz CT molecular complexity index is 535. The summed E-state index contributed by atoms with van der Waals surface area (Å²) in [6, 6.07) is 3.54. The van der Waals surface area contributed by atoms with Crippen LogP contribution < -0.4 is 11.1 Å². The Hall–Kier alpha value is -2.15. The van der Waals surface area contributed by atoms with Gasteiger partial charge in [-0.15, -0.1) is 0 Å². The number of halogens is 1. The van der Waals surface area contributed by atoms with Gasteiger partial charge < -0.3 is 20.9 Å². The third-order valence-electron chi connectivity index (χ3n) is 3.13. The molecular weight excluding hydrogens is 267 g/mol. The second-order valence-corrected chi connectivity index (χ2v) is 4.60. The topological polar surface area (TPSA) is 102 Å². The van der Waals surface area contributed by atoms with Crippen LogP contribution >= 0.6 is 0 Å². The highest BCUT2D eigenvalue weighted by molar-refractivity contribution is 5.99. The second-order valence-electron chi connectivity index (χ2n) is 4.60. The standard InChI is InChI=1S/C13H15FN2O4/c14-7-1-3-10(15)9(5-7)12(17)16-6-8-2-4-11(20-8)13(18)19/h1,3,5,8,11H,2,4,6,15H2,(H,16,17)(H,18,19). The summed E-state index contributed by atoms with van der Waals surface area (Å²) in [7, 11) is 0. The first-order valence-electron chi connectivity index (χ1n) is 6.19. The van der Waals surface area contributed by atoms with Crippen LogP contribution in [0.2, 0.25) is 0 Å². The minimum atomic E-state index is -1.01. The van der Waals surface area contributed by atoms with Crippen LogP contribution in [-0.2, 0) is 9.53 Å². The van der Waals surface area contributed by atoms with Crippen LogP contribution in [0.5, 0.6) is 0 Å². The van der Waals surface area contributed by atoms with Gasteiger partial charge in [0.1, 0.15) is 5.82 Å². The van der Waals surface area contributed by atoms with E-state index in [1.807, 2.05) is 0 Å². The molecule has 0 spiro atoms. The number of nitrogen functional groups attached to an aromatic ring is 1. The molecule has 20 heavy (non-hydrogen) atoms. The van der Waals surface area contributed by atoms with E-state index in [0.717, 1.165) is 6.07 Å². The number of hydrogen-bond donors (Lipinski definition) is 3. The first-order valence-corrected chi connectivity index (χ1v) is 6.19. The Morgan fingerprint density at radius 1 is 1.45 bits per heavy atom. The fraction of sp³-hybridized carbons (Fsp3) is 0.385. The molecule has 1 aromatic carbocycles. The molecule has 0 bridgehead atoms. The van der Waals surface area contributed by atoms with E-state index in [2.05, 4.69) is 5.32 Å². The summed E-state index contributed by atoms with van der Waals surface area (Å²) >= 11 is 0. The lowest BCUT2D eigenvalue weighted by molar-refractivity contribution is -0.149. The SMILES string of the molecule is Nc1ccc(F)cc1C(=O)NCC1CCC(C(=O)O)O1. The van der Waals surface area contributed by atoms with Crippen molar-refractivity contribution < 1.29 is 23.8 Å². The van der Waals surface area contributed by atoms with Crippen LogP contribution in [0.15, 0.2) is 18.2 Å². The number of nitrogens with two attached hydrogens (primary N) is 1. The normalized spacial score (nSPS) is 21.6. The van der Waals surface area contributed by atoms with E-state index in [9.17, 15) is 14.0 Å². The summed E-state index contributed by atoms with van der Waals surface area (Å²) in [6.45, 7) is 0.165. The second kappa shape index (κ2) is 5.87. The van der Waals surface area contributed by atoms with E-state index >= 15 is 0 Å². The molecule has 6 nitrogen and oxygen atoms in total. The smallest absolute Gasteiger partial charge is 0.332 e. The van der Waals surface area contributed by atoms with Crippen LogP contribution in [0, 0.1) is 5.82 Å². The van der Waals surface area contributed by atoms with E-state index in [1.54, 1.807) is 0 Å². The lowest BCUT2D eigenvalue weighted by Crippen LogP contribution is -2.33. The van der Waals surface area contributed by atoms with Crippen molar-refractivity contribution in [3.05, 3.63) is 29.6 Å². The van der Waals surface area contributed by atoms with Gasteiger partial charge in [0.15, 0.2) is 6.10 Å². The summed E-state index contributed by atoms with van der Waals surface area (Å²) in [4.78, 5) is 22.6. The molecule has 108 valence electrons. The van der Waals surface area contributed by atoms with Gasteiger partial charge in [0.25, 0.3) is 5.91 Å². The van der Waals surface area contributed by atoms with Crippen LogP contribution in [0.25, 0.3) is 0 Å². The first-order chi connectivity index (χ1) is 9.47. The molecular formula is C13H15FN2O4. The quantitative estimate of drug-likeness (QED) is 0.708. The number of rotatable bonds is 4. The number of aliphatic carboxylic acids is 1. The van der Waals surface area contributed by atoms with Gasteiger partial charge in [-0.2, -0.15) is 0 Å². The zero-order chi connectivity index (χ0) is 14.7. The lowest BCUT2D eigenvalue weighted by atomic mass is 10.1. The maximum Gasteiger partial charge on any atom is 0.332 e. The Morgan fingerprint density at radius 3 is 2.85 bits per heavy atom. The molecule has 0 saturated carbocycles. The molecule has 2 rings (SSSR count). The number of carboxylic acids is 1. The molecule has 1 saturated heterocycles. The predicted molar refractivity (Wildman–Crippen MR) is 68.7 cm³/mol. The summed E-state index contributed by atoms with van der Waals surface area (Å²) in [5.74, 6) is -2.06. The average molecular weight is 282 g/mol. The van der Waals surface area contributed by atoms with Gasteiger partial charge >= 0.3 is 5.97 Å². The number of ether oxygens (including phenoxy) is 1. The van der Waals surface area contributed by atoms with Gasteiger partial charge in [-0.25, -0.2) is 9.18 Å². The van der Waals surface area contributed by atoms with Crippen molar-refractivity contribution in [2.75, 3.05) is 12.3 Å². The summed E-state index contributed by atoms with van der Waals surface area (Å²) < 4.78 is 18.3. The number of carboxylic acid groups (broad SMARTS) is 1. The number of carbonyl (C=O) groups is 2. The number of hydrogen-bond acceptors (Lipinski definition) is 4. The molecule has 0 aliphatic carbocycles. The van der Waals surface area contributed by atoms with Crippen LogP contribution in [0.3, 0.4) is 0 Å². The lowest BCUT2D eigenvalue weighted by Gasteiger charge is -2.13. The van der Waals surface area contributed by atoms with Gasteiger partial charge in [0.2, 0.25) is 0 Å². The maximum atomic E-state index is 13.1.